The van der Waals surface area contributed by atoms with Crippen LogP contribution in [0.2, 0.25) is 6.82 Å². The summed E-state index contributed by atoms with van der Waals surface area (Å²) in [4.78, 5) is 0.841. The van der Waals surface area contributed by atoms with E-state index >= 15 is 0 Å². The predicted octanol–water partition coefficient (Wildman–Crippen LogP) is 8.22. The molecule has 0 heterocycles. The number of hydrogen-bond donors (Lipinski definition) is 0. The summed E-state index contributed by atoms with van der Waals surface area (Å²) in [6, 6.07) is 12.8. The van der Waals surface area contributed by atoms with Crippen LogP contribution in [0.15, 0.2) is 56.5 Å². The van der Waals surface area contributed by atoms with E-state index in [1.54, 1.807) is 0 Å². The van der Waals surface area contributed by atoms with Crippen molar-refractivity contribution in [1.29, 1.82) is 0 Å². The Bertz CT molecular complexity index is 951. The van der Waals surface area contributed by atoms with Crippen molar-refractivity contribution < 1.29 is 16.2 Å². The van der Waals surface area contributed by atoms with Crippen molar-refractivity contribution in [3.8, 4) is 0 Å². The Morgan fingerprint density at radius 2 is 1.22 bits per heavy atom. The van der Waals surface area contributed by atoms with Crippen LogP contribution in [0.1, 0.15) is 43.4 Å². The van der Waals surface area contributed by atoms with Crippen molar-refractivity contribution in [2.75, 3.05) is 0 Å². The van der Waals surface area contributed by atoms with E-state index in [0.717, 1.165) is 13.8 Å². The molecule has 0 amide bonds. The van der Waals surface area contributed by atoms with E-state index in [9.17, 15) is 0 Å². The number of hydrogen-bond acceptors (Lipinski definition) is 0. The van der Waals surface area contributed by atoms with Crippen LogP contribution >= 0.6 is 48.9 Å². The number of benzene rings is 2. The average molecular weight is 605 g/mol. The summed E-state index contributed by atoms with van der Waals surface area (Å²) >= 11 is 3.03. The Hall–Kier alpha value is 0.408. The summed E-state index contributed by atoms with van der Waals surface area (Å²) in [5, 5.41) is 0. The first-order valence-electron chi connectivity index (χ1n) is 9.19. The van der Waals surface area contributed by atoms with E-state index < -0.39 is 16.2 Å². The van der Waals surface area contributed by atoms with Gasteiger partial charge in [-0.2, -0.15) is 0 Å². The molecule has 0 radical (unpaired) electrons. The molecule has 2 aliphatic rings. The molecule has 139 valence electrons. The van der Waals surface area contributed by atoms with Gasteiger partial charge in [0.15, 0.2) is 0 Å². The Labute approximate surface area is 186 Å². The van der Waals surface area contributed by atoms with E-state index in [2.05, 4.69) is 101 Å². The van der Waals surface area contributed by atoms with Gasteiger partial charge in [0, 0.05) is 0 Å². The van der Waals surface area contributed by atoms with Gasteiger partial charge in [0.2, 0.25) is 0 Å². The molecule has 2 aliphatic carbocycles. The topological polar surface area (TPSA) is 0 Å². The van der Waals surface area contributed by atoms with Crippen molar-refractivity contribution in [2.24, 2.45) is 0 Å². The minimum absolute atomic E-state index is 0.130. The number of allylic oxidation sites excluding steroid dienone is 2. The van der Waals surface area contributed by atoms with E-state index in [4.69, 9.17) is 17.0 Å². The second-order valence-corrected chi connectivity index (χ2v) is 32.5. The molecule has 0 bridgehead atoms. The molecule has 0 aromatic heterocycles. The third-order valence-corrected chi connectivity index (χ3v) is 28.9. The number of halogens is 4. The molecule has 2 atom stereocenters. The van der Waals surface area contributed by atoms with E-state index in [1.807, 2.05) is 0 Å². The molecule has 0 saturated heterocycles. The first kappa shape index (κ1) is 20.7. The van der Waals surface area contributed by atoms with Gasteiger partial charge in [-0.1, -0.05) is 0 Å². The van der Waals surface area contributed by atoms with E-state index in [-0.39, 0.29) is 7.25 Å². The zero-order valence-electron chi connectivity index (χ0n) is 15.5. The molecule has 0 N–H and O–H groups in total. The molecule has 4 rings (SSSR count). The summed E-state index contributed by atoms with van der Waals surface area (Å²) in [6.45, 7) is 6.58. The van der Waals surface area contributed by atoms with Crippen LogP contribution in [0.25, 0.3) is 12.2 Å². The van der Waals surface area contributed by atoms with Gasteiger partial charge >= 0.3 is 189 Å². The summed E-state index contributed by atoms with van der Waals surface area (Å²) in [7, 11) is 15.6. The zero-order valence-corrected chi connectivity index (χ0v) is 22.6. The normalized spacial score (nSPS) is 22.4. The summed E-state index contributed by atoms with van der Waals surface area (Å²) in [5.41, 5.74) is 7.65. The Morgan fingerprint density at radius 1 is 0.815 bits per heavy atom. The van der Waals surface area contributed by atoms with Gasteiger partial charge < -0.3 is 0 Å². The van der Waals surface area contributed by atoms with Crippen LogP contribution in [0, 0.1) is 0 Å². The quantitative estimate of drug-likeness (QED) is 0.310. The molecule has 6 heteroatoms. The fourth-order valence-electron chi connectivity index (χ4n) is 5.17. The Balaban J connectivity index is 1.97. The first-order chi connectivity index (χ1) is 12.7. The van der Waals surface area contributed by atoms with Gasteiger partial charge in [-0.15, -0.1) is 0 Å². The molecule has 0 fully saturated rings. The van der Waals surface area contributed by atoms with Gasteiger partial charge in [-0.25, -0.2) is 0 Å². The standard InChI is InChI=1S/2C10H8Br.CH4B.2ClH.Zr/c2*1-7-5-8-3-2-4-10(11)9(8)6-7;1-2;;;/h2*2-6H,1H3;2H,1H3;2*1H;/q;;+1;;;+1/p-2. The minimum atomic E-state index is -4.40. The van der Waals surface area contributed by atoms with Crippen molar-refractivity contribution in [2.45, 2.75) is 27.9 Å². The monoisotopic (exact) mass is 601 g/mol. The Kier molecular flexibility index (Phi) is 5.35. The molecule has 2 aromatic carbocycles. The predicted molar refractivity (Wildman–Crippen MR) is 126 cm³/mol. The fourth-order valence-corrected chi connectivity index (χ4v) is 25.2. The molecule has 0 nitrogen and oxygen atoms in total. The van der Waals surface area contributed by atoms with E-state index in [1.165, 1.54) is 33.4 Å². The first-order valence-corrected chi connectivity index (χ1v) is 21.7. The maximum absolute atomic E-state index is 7.80. The number of rotatable bonds is 3. The molecule has 2 unspecified atom stereocenters. The van der Waals surface area contributed by atoms with Crippen molar-refractivity contribution in [1.82, 2.24) is 0 Å². The third-order valence-electron chi connectivity index (χ3n) is 6.30. The van der Waals surface area contributed by atoms with Crippen LogP contribution in [-0.4, -0.2) is 4.82 Å². The second-order valence-electron chi connectivity index (χ2n) is 7.83. The average Bonchev–Trinajstić information content (AvgIpc) is 3.14. The van der Waals surface area contributed by atoms with Crippen LogP contribution in [0.3, 0.4) is 0 Å². The molecule has 0 aliphatic heterocycles. The van der Waals surface area contributed by atoms with Crippen LogP contribution in [0.5, 0.6) is 0 Å². The fraction of sp³-hybridized carbons (Fsp3) is 0.238. The molecule has 2 aromatic rings. The SMILES string of the molecule is C[BH][Zr]([Cl])([Cl])([CH]1C(C)=Cc2c(Br)cccc21)[CH]1C(C)=Cc2c(Br)cccc21. The van der Waals surface area contributed by atoms with Gasteiger partial charge in [0.25, 0.3) is 0 Å². The third kappa shape index (κ3) is 3.00. The van der Waals surface area contributed by atoms with Crippen LogP contribution in [0.4, 0.5) is 0 Å². The van der Waals surface area contributed by atoms with Crippen LogP contribution < -0.4 is 0 Å². The van der Waals surface area contributed by atoms with E-state index in [0.29, 0.717) is 0 Å². The number of fused-ring (bicyclic) bond motifs is 2. The molecular weight excluding hydrogens is 585 g/mol. The van der Waals surface area contributed by atoms with Crippen molar-refractivity contribution >= 4 is 65.9 Å². The van der Waals surface area contributed by atoms with Crippen molar-refractivity contribution in [3.63, 3.8) is 0 Å². The maximum atomic E-state index is 7.80. The van der Waals surface area contributed by atoms with Gasteiger partial charge in [-0.05, 0) is 0 Å². The summed E-state index contributed by atoms with van der Waals surface area (Å²) in [5.74, 6) is 0. The van der Waals surface area contributed by atoms with Gasteiger partial charge in [0.1, 0.15) is 0 Å². The molecule has 27 heavy (non-hydrogen) atoms. The molecule has 0 spiro atoms. The molecular formula is C21H20BBr2Cl2Zr. The second kappa shape index (κ2) is 6.98. The van der Waals surface area contributed by atoms with Crippen LogP contribution in [-0.2, 0) is 16.2 Å². The zero-order chi connectivity index (χ0) is 19.6. The van der Waals surface area contributed by atoms with Gasteiger partial charge in [0.05, 0.1) is 0 Å². The molecule has 0 saturated carbocycles. The Morgan fingerprint density at radius 3 is 1.59 bits per heavy atom. The van der Waals surface area contributed by atoms with Crippen molar-refractivity contribution in [3.05, 3.63) is 78.7 Å². The van der Waals surface area contributed by atoms with Gasteiger partial charge in [-0.3, -0.25) is 0 Å². The summed E-state index contributed by atoms with van der Waals surface area (Å²) in [6.07, 6.45) is 4.54. The summed E-state index contributed by atoms with van der Waals surface area (Å²) < 4.78 is 2.49.